The van der Waals surface area contributed by atoms with Gasteiger partial charge >= 0.3 is 0 Å². The van der Waals surface area contributed by atoms with E-state index in [0.717, 1.165) is 17.9 Å². The number of para-hydroxylation sites is 1. The van der Waals surface area contributed by atoms with Gasteiger partial charge in [-0.05, 0) is 91.8 Å². The Morgan fingerprint density at radius 3 is 1.69 bits per heavy atom. The normalized spacial score (nSPS) is 11.0. The van der Waals surface area contributed by atoms with Crippen molar-refractivity contribution < 1.29 is 4.74 Å². The molecule has 2 aromatic rings. The van der Waals surface area contributed by atoms with E-state index in [-0.39, 0.29) is 0 Å². The van der Waals surface area contributed by atoms with Crippen molar-refractivity contribution in [1.29, 1.82) is 0 Å². The average molecular weight is 395 g/mol. The van der Waals surface area contributed by atoms with Crippen LogP contribution in [0.2, 0.25) is 0 Å². The van der Waals surface area contributed by atoms with Gasteiger partial charge in [-0.2, -0.15) is 0 Å². The van der Waals surface area contributed by atoms with Crippen molar-refractivity contribution in [2.75, 3.05) is 0 Å². The molecule has 0 amide bonds. The second-order valence-corrected chi connectivity index (χ2v) is 8.30. The monoisotopic (exact) mass is 394 g/mol. The van der Waals surface area contributed by atoms with E-state index in [1.165, 1.54) is 81.8 Å². The van der Waals surface area contributed by atoms with E-state index < -0.39 is 0 Å². The Hall–Kier alpha value is -1.76. The molecule has 0 bridgehead atoms. The van der Waals surface area contributed by atoms with Crippen molar-refractivity contribution in [3.63, 3.8) is 0 Å². The third kappa shape index (κ3) is 7.21. The molecule has 0 spiro atoms. The summed E-state index contributed by atoms with van der Waals surface area (Å²) in [5.41, 5.74) is 6.29. The largest absolute Gasteiger partial charge is 0.457 e. The van der Waals surface area contributed by atoms with Gasteiger partial charge in [0.25, 0.3) is 0 Å². The second kappa shape index (κ2) is 13.5. The van der Waals surface area contributed by atoms with Gasteiger partial charge in [0.05, 0.1) is 0 Å². The molecule has 0 N–H and O–H groups in total. The Balaban J connectivity index is 2.57. The summed E-state index contributed by atoms with van der Waals surface area (Å²) in [6.45, 7) is 9.19. The van der Waals surface area contributed by atoms with Crippen molar-refractivity contribution in [1.82, 2.24) is 0 Å². The number of ether oxygens (including phenoxy) is 1. The molecule has 0 aliphatic carbocycles. The summed E-state index contributed by atoms with van der Waals surface area (Å²) in [5, 5.41) is 0. The molecule has 0 aromatic heterocycles. The van der Waals surface area contributed by atoms with Crippen molar-refractivity contribution in [2.24, 2.45) is 0 Å². The number of aryl methyl sites for hydroxylation is 1. The topological polar surface area (TPSA) is 9.23 Å². The van der Waals surface area contributed by atoms with E-state index in [0.29, 0.717) is 0 Å². The summed E-state index contributed by atoms with van der Waals surface area (Å²) < 4.78 is 6.51. The first kappa shape index (κ1) is 23.5. The van der Waals surface area contributed by atoms with Gasteiger partial charge < -0.3 is 4.74 Å². The Bertz CT molecular complexity index is 702. The van der Waals surface area contributed by atoms with Crippen molar-refractivity contribution in [3.05, 3.63) is 58.7 Å². The van der Waals surface area contributed by atoms with Gasteiger partial charge in [0.1, 0.15) is 11.5 Å². The van der Waals surface area contributed by atoms with Crippen LogP contribution < -0.4 is 4.74 Å². The maximum atomic E-state index is 6.51. The van der Waals surface area contributed by atoms with E-state index >= 15 is 0 Å². The van der Waals surface area contributed by atoms with E-state index in [1.807, 2.05) is 0 Å². The van der Waals surface area contributed by atoms with E-state index in [1.54, 1.807) is 11.1 Å². The highest BCUT2D eigenvalue weighted by Gasteiger charge is 2.18. The van der Waals surface area contributed by atoms with Crippen LogP contribution in [0.4, 0.5) is 0 Å². The molecule has 0 aliphatic rings. The first-order valence-corrected chi connectivity index (χ1v) is 12.1. The van der Waals surface area contributed by atoms with Gasteiger partial charge in [-0.1, -0.05) is 71.6 Å². The molecule has 0 saturated carbocycles. The summed E-state index contributed by atoms with van der Waals surface area (Å²) in [6.07, 6.45) is 14.7. The number of hydrogen-bond donors (Lipinski definition) is 0. The molecule has 2 aromatic carbocycles. The van der Waals surface area contributed by atoms with Gasteiger partial charge in [0.15, 0.2) is 0 Å². The standard InChI is InChI=1S/C28H42O/c1-5-9-16-23-22-28(29-24-17-14-13-15-18-24)27(21-12-8-4)26(20-11-7-3)25(23)19-10-6-2/h13-15,17-18,22H,5-12,16,19-21H2,1-4H3. The number of unbranched alkanes of at least 4 members (excludes halogenated alkanes) is 4. The van der Waals surface area contributed by atoms with E-state index in [4.69, 9.17) is 4.74 Å². The lowest BCUT2D eigenvalue weighted by Gasteiger charge is -2.23. The molecule has 1 nitrogen and oxygen atoms in total. The highest BCUT2D eigenvalue weighted by Crippen LogP contribution is 2.36. The zero-order valence-electron chi connectivity index (χ0n) is 19.4. The zero-order chi connectivity index (χ0) is 20.9. The summed E-state index contributed by atoms with van der Waals surface area (Å²) in [6, 6.07) is 12.7. The minimum Gasteiger partial charge on any atom is -0.457 e. The van der Waals surface area contributed by atoms with Gasteiger partial charge in [0, 0.05) is 0 Å². The smallest absolute Gasteiger partial charge is 0.131 e. The molecule has 0 aliphatic heterocycles. The minimum atomic E-state index is 0.953. The van der Waals surface area contributed by atoms with Gasteiger partial charge in [-0.15, -0.1) is 0 Å². The zero-order valence-corrected chi connectivity index (χ0v) is 19.4. The van der Waals surface area contributed by atoms with Crippen LogP contribution in [-0.2, 0) is 25.7 Å². The molecule has 160 valence electrons. The quantitative estimate of drug-likeness (QED) is 0.311. The molecular formula is C28H42O. The second-order valence-electron chi connectivity index (χ2n) is 8.30. The van der Waals surface area contributed by atoms with Crippen LogP contribution in [-0.4, -0.2) is 0 Å². The molecule has 0 saturated heterocycles. The molecule has 0 radical (unpaired) electrons. The summed E-state index contributed by atoms with van der Waals surface area (Å²) in [4.78, 5) is 0. The van der Waals surface area contributed by atoms with Gasteiger partial charge in [-0.3, -0.25) is 0 Å². The molecule has 0 heterocycles. The predicted molar refractivity (Wildman–Crippen MR) is 127 cm³/mol. The Labute approximate surface area is 179 Å². The fourth-order valence-electron chi connectivity index (χ4n) is 4.10. The van der Waals surface area contributed by atoms with Gasteiger partial charge in [-0.25, -0.2) is 0 Å². The minimum absolute atomic E-state index is 0.953. The van der Waals surface area contributed by atoms with Crippen LogP contribution in [0.15, 0.2) is 36.4 Å². The van der Waals surface area contributed by atoms with Crippen LogP contribution in [0.25, 0.3) is 0 Å². The third-order valence-electron chi connectivity index (χ3n) is 5.83. The molecule has 0 atom stereocenters. The Kier molecular flexibility index (Phi) is 10.9. The lowest BCUT2D eigenvalue weighted by molar-refractivity contribution is 0.472. The van der Waals surface area contributed by atoms with Crippen molar-refractivity contribution in [3.8, 4) is 11.5 Å². The van der Waals surface area contributed by atoms with Crippen LogP contribution in [0, 0.1) is 0 Å². The highest BCUT2D eigenvalue weighted by atomic mass is 16.5. The SMILES string of the molecule is CCCCc1cc(Oc2ccccc2)c(CCCC)c(CCCC)c1CCCC. The summed E-state index contributed by atoms with van der Waals surface area (Å²) in [7, 11) is 0. The van der Waals surface area contributed by atoms with Crippen LogP contribution in [0.3, 0.4) is 0 Å². The third-order valence-corrected chi connectivity index (χ3v) is 5.83. The van der Waals surface area contributed by atoms with Gasteiger partial charge in [0.2, 0.25) is 0 Å². The fraction of sp³-hybridized carbons (Fsp3) is 0.571. The molecular weight excluding hydrogens is 352 g/mol. The summed E-state index contributed by atoms with van der Waals surface area (Å²) in [5.74, 6) is 2.07. The first-order chi connectivity index (χ1) is 14.2. The van der Waals surface area contributed by atoms with E-state index in [2.05, 4.69) is 64.1 Å². The predicted octanol–water partition coefficient (Wildman–Crippen LogP) is 8.85. The maximum Gasteiger partial charge on any atom is 0.131 e. The maximum absolute atomic E-state index is 6.51. The molecule has 29 heavy (non-hydrogen) atoms. The lowest BCUT2D eigenvalue weighted by atomic mass is 9.85. The summed E-state index contributed by atoms with van der Waals surface area (Å²) >= 11 is 0. The van der Waals surface area contributed by atoms with Crippen molar-refractivity contribution >= 4 is 0 Å². The molecule has 1 heteroatoms. The first-order valence-electron chi connectivity index (χ1n) is 12.1. The lowest BCUT2D eigenvalue weighted by Crippen LogP contribution is -2.08. The fourth-order valence-corrected chi connectivity index (χ4v) is 4.10. The number of benzene rings is 2. The highest BCUT2D eigenvalue weighted by molar-refractivity contribution is 5.52. The Morgan fingerprint density at radius 2 is 1.10 bits per heavy atom. The molecule has 0 unspecified atom stereocenters. The Morgan fingerprint density at radius 1 is 0.586 bits per heavy atom. The van der Waals surface area contributed by atoms with Crippen LogP contribution in [0.1, 0.15) is 101 Å². The number of rotatable bonds is 14. The van der Waals surface area contributed by atoms with Crippen molar-refractivity contribution in [2.45, 2.75) is 105 Å². The average Bonchev–Trinajstić information content (AvgIpc) is 2.75. The molecule has 0 fully saturated rings. The van der Waals surface area contributed by atoms with Crippen LogP contribution in [0.5, 0.6) is 11.5 Å². The number of hydrogen-bond acceptors (Lipinski definition) is 1. The molecule has 2 rings (SSSR count). The van der Waals surface area contributed by atoms with Crippen LogP contribution >= 0.6 is 0 Å². The van der Waals surface area contributed by atoms with E-state index in [9.17, 15) is 0 Å².